The average Bonchev–Trinajstić information content (AvgIpc) is 2.44. The third kappa shape index (κ3) is 3.75. The van der Waals surface area contributed by atoms with Gasteiger partial charge in [0.2, 0.25) is 0 Å². The first kappa shape index (κ1) is 14.9. The predicted octanol–water partition coefficient (Wildman–Crippen LogP) is 3.33. The van der Waals surface area contributed by atoms with Gasteiger partial charge in [-0.2, -0.15) is 0 Å². The van der Waals surface area contributed by atoms with Crippen molar-refractivity contribution >= 4 is 11.6 Å². The fraction of sp³-hybridized carbons (Fsp3) is 0.235. The topological polar surface area (TPSA) is 58.6 Å². The highest BCUT2D eigenvalue weighted by molar-refractivity contribution is 5.92. The molecule has 2 aromatic carbocycles. The van der Waals surface area contributed by atoms with Crippen LogP contribution >= 0.6 is 0 Å². The molecule has 0 atom stereocenters. The Morgan fingerprint density at radius 1 is 1.10 bits per heavy atom. The van der Waals surface area contributed by atoms with E-state index in [1.165, 1.54) is 0 Å². The molecule has 0 aromatic heterocycles. The van der Waals surface area contributed by atoms with Crippen molar-refractivity contribution < 1.29 is 14.6 Å². The number of carbonyl (C=O) groups excluding carboxylic acids is 1. The fourth-order valence-corrected chi connectivity index (χ4v) is 2.09. The van der Waals surface area contributed by atoms with Gasteiger partial charge in [-0.3, -0.25) is 4.79 Å². The smallest absolute Gasteiger partial charge is 0.262 e. The lowest BCUT2D eigenvalue weighted by Gasteiger charge is -2.11. The number of benzene rings is 2. The van der Waals surface area contributed by atoms with Crippen molar-refractivity contribution in [3.8, 4) is 11.5 Å². The Morgan fingerprint density at radius 2 is 1.71 bits per heavy atom. The van der Waals surface area contributed by atoms with Crippen molar-refractivity contribution in [3.05, 3.63) is 53.1 Å². The molecule has 0 aliphatic heterocycles. The number of para-hydroxylation sites is 1. The first-order valence-electron chi connectivity index (χ1n) is 6.76. The number of hydrogen-bond donors (Lipinski definition) is 2. The molecule has 0 saturated heterocycles. The number of aromatic hydroxyl groups is 1. The van der Waals surface area contributed by atoms with Gasteiger partial charge >= 0.3 is 0 Å². The Hall–Kier alpha value is -2.49. The zero-order valence-corrected chi connectivity index (χ0v) is 12.4. The summed E-state index contributed by atoms with van der Waals surface area (Å²) in [6, 6.07) is 11.0. The Morgan fingerprint density at radius 3 is 2.33 bits per heavy atom. The second kappa shape index (κ2) is 6.31. The number of rotatable bonds is 4. The molecule has 2 rings (SSSR count). The maximum Gasteiger partial charge on any atom is 0.262 e. The van der Waals surface area contributed by atoms with Crippen LogP contribution in [-0.4, -0.2) is 17.6 Å². The molecule has 2 aromatic rings. The zero-order valence-electron chi connectivity index (χ0n) is 12.4. The lowest BCUT2D eigenvalue weighted by Crippen LogP contribution is -2.20. The summed E-state index contributed by atoms with van der Waals surface area (Å²) in [4.78, 5) is 11.9. The van der Waals surface area contributed by atoms with Gasteiger partial charge in [0.1, 0.15) is 11.5 Å². The number of amides is 1. The van der Waals surface area contributed by atoms with Crippen LogP contribution in [0.2, 0.25) is 0 Å². The van der Waals surface area contributed by atoms with Crippen LogP contribution in [0.4, 0.5) is 5.69 Å². The van der Waals surface area contributed by atoms with Crippen LogP contribution in [-0.2, 0) is 4.79 Å². The van der Waals surface area contributed by atoms with Crippen LogP contribution in [0.25, 0.3) is 0 Å². The minimum absolute atomic E-state index is 0.0518. The Kier molecular flexibility index (Phi) is 4.48. The number of phenols is 1. The molecule has 1 amide bonds. The van der Waals surface area contributed by atoms with Gasteiger partial charge in [0.05, 0.1) is 0 Å². The van der Waals surface area contributed by atoms with Crippen molar-refractivity contribution in [1.82, 2.24) is 0 Å². The van der Waals surface area contributed by atoms with Gasteiger partial charge in [0.15, 0.2) is 6.61 Å². The van der Waals surface area contributed by atoms with Crippen molar-refractivity contribution in [1.29, 1.82) is 0 Å². The highest BCUT2D eigenvalue weighted by Crippen LogP contribution is 2.25. The third-order valence-corrected chi connectivity index (χ3v) is 3.23. The molecule has 0 saturated carbocycles. The number of carbonyl (C=O) groups is 1. The van der Waals surface area contributed by atoms with Gasteiger partial charge in [0.25, 0.3) is 5.91 Å². The molecule has 0 radical (unpaired) electrons. The van der Waals surface area contributed by atoms with Gasteiger partial charge < -0.3 is 15.2 Å². The van der Waals surface area contributed by atoms with Crippen LogP contribution in [0.1, 0.15) is 16.7 Å². The molecular formula is C17H19NO3. The maximum absolute atomic E-state index is 11.9. The second-order valence-corrected chi connectivity index (χ2v) is 5.06. The maximum atomic E-state index is 11.9. The Balaban J connectivity index is 1.98. The second-order valence-electron chi connectivity index (χ2n) is 5.06. The summed E-state index contributed by atoms with van der Waals surface area (Å²) in [5.41, 5.74) is 3.10. The van der Waals surface area contributed by atoms with Crippen molar-refractivity contribution in [3.63, 3.8) is 0 Å². The number of hydrogen-bond acceptors (Lipinski definition) is 3. The highest BCUT2D eigenvalue weighted by Gasteiger charge is 2.08. The Labute approximate surface area is 124 Å². The SMILES string of the molecule is Cc1ccccc1OCC(=O)Nc1cc(C)c(O)c(C)c1. The minimum Gasteiger partial charge on any atom is -0.507 e. The zero-order chi connectivity index (χ0) is 15.4. The van der Waals surface area contributed by atoms with Crippen molar-refractivity contribution in [2.75, 3.05) is 11.9 Å². The molecule has 0 fully saturated rings. The fourth-order valence-electron chi connectivity index (χ4n) is 2.09. The standard InChI is InChI=1S/C17H19NO3/c1-11-6-4-5-7-15(11)21-10-16(19)18-14-8-12(2)17(20)13(3)9-14/h4-9,20H,10H2,1-3H3,(H,18,19). The van der Waals surface area contributed by atoms with Gasteiger partial charge in [-0.05, 0) is 55.7 Å². The molecule has 0 spiro atoms. The van der Waals surface area contributed by atoms with Crippen LogP contribution in [0.15, 0.2) is 36.4 Å². The summed E-state index contributed by atoms with van der Waals surface area (Å²) in [5, 5.41) is 12.5. The summed E-state index contributed by atoms with van der Waals surface area (Å²) in [5.74, 6) is 0.720. The van der Waals surface area contributed by atoms with Gasteiger partial charge in [0, 0.05) is 5.69 Å². The first-order valence-corrected chi connectivity index (χ1v) is 6.76. The summed E-state index contributed by atoms with van der Waals surface area (Å²) in [6.45, 7) is 5.47. The summed E-state index contributed by atoms with van der Waals surface area (Å²) < 4.78 is 5.49. The quantitative estimate of drug-likeness (QED) is 0.847. The van der Waals surface area contributed by atoms with Crippen LogP contribution < -0.4 is 10.1 Å². The highest BCUT2D eigenvalue weighted by atomic mass is 16.5. The third-order valence-electron chi connectivity index (χ3n) is 3.23. The summed E-state index contributed by atoms with van der Waals surface area (Å²) in [7, 11) is 0. The molecule has 0 heterocycles. The van der Waals surface area contributed by atoms with Crippen LogP contribution in [0.3, 0.4) is 0 Å². The molecule has 4 heteroatoms. The summed E-state index contributed by atoms with van der Waals surface area (Å²) >= 11 is 0. The lowest BCUT2D eigenvalue weighted by atomic mass is 10.1. The summed E-state index contributed by atoms with van der Waals surface area (Å²) in [6.07, 6.45) is 0. The molecule has 0 aliphatic rings. The van der Waals surface area contributed by atoms with E-state index < -0.39 is 0 Å². The molecule has 0 aliphatic carbocycles. The number of aryl methyl sites for hydroxylation is 3. The molecule has 2 N–H and O–H groups in total. The lowest BCUT2D eigenvalue weighted by molar-refractivity contribution is -0.118. The molecule has 0 bridgehead atoms. The molecule has 110 valence electrons. The van der Waals surface area contributed by atoms with E-state index in [-0.39, 0.29) is 18.3 Å². The number of anilines is 1. The van der Waals surface area contributed by atoms with E-state index in [0.717, 1.165) is 16.7 Å². The van der Waals surface area contributed by atoms with Crippen molar-refractivity contribution in [2.45, 2.75) is 20.8 Å². The Bertz CT molecular complexity index is 642. The molecule has 4 nitrogen and oxygen atoms in total. The largest absolute Gasteiger partial charge is 0.507 e. The van der Waals surface area contributed by atoms with E-state index in [1.54, 1.807) is 26.0 Å². The predicted molar refractivity (Wildman–Crippen MR) is 82.9 cm³/mol. The number of nitrogens with one attached hydrogen (secondary N) is 1. The number of phenolic OH excluding ortho intramolecular Hbond substituents is 1. The average molecular weight is 285 g/mol. The van der Waals surface area contributed by atoms with E-state index in [2.05, 4.69) is 5.32 Å². The molecular weight excluding hydrogens is 266 g/mol. The van der Waals surface area contributed by atoms with Gasteiger partial charge in [-0.25, -0.2) is 0 Å². The normalized spacial score (nSPS) is 10.2. The number of ether oxygens (including phenoxy) is 1. The van der Waals surface area contributed by atoms with E-state index in [1.807, 2.05) is 31.2 Å². The first-order chi connectivity index (χ1) is 9.97. The van der Waals surface area contributed by atoms with E-state index in [9.17, 15) is 9.90 Å². The molecule has 21 heavy (non-hydrogen) atoms. The molecule has 0 unspecified atom stereocenters. The minimum atomic E-state index is -0.234. The monoisotopic (exact) mass is 285 g/mol. The van der Waals surface area contributed by atoms with E-state index in [4.69, 9.17) is 4.74 Å². The van der Waals surface area contributed by atoms with E-state index >= 15 is 0 Å². The van der Waals surface area contributed by atoms with Crippen LogP contribution in [0.5, 0.6) is 11.5 Å². The van der Waals surface area contributed by atoms with E-state index in [0.29, 0.717) is 11.4 Å². The van der Waals surface area contributed by atoms with Gasteiger partial charge in [-0.1, -0.05) is 18.2 Å². The van der Waals surface area contributed by atoms with Crippen molar-refractivity contribution in [2.24, 2.45) is 0 Å². The van der Waals surface area contributed by atoms with Crippen LogP contribution in [0, 0.1) is 20.8 Å². The van der Waals surface area contributed by atoms with Gasteiger partial charge in [-0.15, -0.1) is 0 Å².